The zero-order chi connectivity index (χ0) is 24.2. The van der Waals surface area contributed by atoms with Gasteiger partial charge in [-0.15, -0.1) is 0 Å². The molecule has 7 rings (SSSR count). The molecular formula is C30H20N6. The van der Waals surface area contributed by atoms with E-state index in [1.165, 1.54) is 0 Å². The van der Waals surface area contributed by atoms with Gasteiger partial charge >= 0.3 is 0 Å². The van der Waals surface area contributed by atoms with Gasteiger partial charge in [-0.05, 0) is 54.4 Å². The van der Waals surface area contributed by atoms with Crippen LogP contribution in [0, 0.1) is 11.3 Å². The van der Waals surface area contributed by atoms with Gasteiger partial charge in [-0.25, -0.2) is 4.98 Å². The van der Waals surface area contributed by atoms with Gasteiger partial charge < -0.3 is 0 Å². The minimum absolute atomic E-state index is 0.157. The smallest absolute Gasteiger partial charge is 0.219 e. The molecule has 0 spiro atoms. The van der Waals surface area contributed by atoms with Crippen LogP contribution in [-0.4, -0.2) is 23.9 Å². The molecule has 4 aromatic heterocycles. The van der Waals surface area contributed by atoms with Crippen molar-refractivity contribution in [1.82, 2.24) is 23.9 Å². The van der Waals surface area contributed by atoms with Crippen LogP contribution in [0.1, 0.15) is 18.4 Å². The Labute approximate surface area is 206 Å². The molecule has 0 aliphatic rings. The second-order valence-corrected chi connectivity index (χ2v) is 9.02. The number of imidazole rings is 2. The van der Waals surface area contributed by atoms with E-state index in [1.54, 1.807) is 6.20 Å². The van der Waals surface area contributed by atoms with E-state index < -0.39 is 0 Å². The van der Waals surface area contributed by atoms with E-state index in [9.17, 15) is 5.26 Å². The summed E-state index contributed by atoms with van der Waals surface area (Å²) in [5, 5.41) is 11.5. The average Bonchev–Trinajstić information content (AvgIpc) is 3.53. The fourth-order valence-corrected chi connectivity index (χ4v) is 4.97. The average molecular weight is 465 g/mol. The van der Waals surface area contributed by atoms with Crippen LogP contribution in [-0.2, 0) is 0 Å². The van der Waals surface area contributed by atoms with E-state index in [-0.39, 0.29) is 5.92 Å². The van der Waals surface area contributed by atoms with E-state index in [0.717, 1.165) is 61.0 Å². The number of aromatic nitrogens is 5. The number of rotatable bonds is 3. The normalized spacial score (nSPS) is 12.4. The van der Waals surface area contributed by atoms with E-state index in [0.29, 0.717) is 0 Å². The third-order valence-electron chi connectivity index (χ3n) is 6.89. The van der Waals surface area contributed by atoms with Crippen molar-refractivity contribution in [2.45, 2.75) is 12.8 Å². The van der Waals surface area contributed by atoms with Crippen LogP contribution in [0.4, 0.5) is 0 Å². The van der Waals surface area contributed by atoms with Crippen molar-refractivity contribution < 1.29 is 0 Å². The lowest BCUT2D eigenvalue weighted by atomic mass is 10.0. The number of fused-ring (bicyclic) bond motifs is 6. The minimum atomic E-state index is -0.157. The lowest BCUT2D eigenvalue weighted by Gasteiger charge is -2.10. The first kappa shape index (κ1) is 20.4. The maximum Gasteiger partial charge on any atom is 0.219 e. The standard InChI is InChI=1S/C30H20N6/c1-19(16-31)20-6-9-24(10-7-20)36-29-25-15-21(23-14-22-4-2-3-5-26(22)33-17-23)8-11-27(25)34-18-28(29)35-13-12-32-30(35)36/h2-15,17-19H,1H3. The predicted octanol–water partition coefficient (Wildman–Crippen LogP) is 6.67. The lowest BCUT2D eigenvalue weighted by molar-refractivity contribution is 0.978. The third kappa shape index (κ3) is 3.00. The summed E-state index contributed by atoms with van der Waals surface area (Å²) in [6.45, 7) is 1.91. The fraction of sp³-hybridized carbons (Fsp3) is 0.0667. The van der Waals surface area contributed by atoms with Crippen LogP contribution in [0.2, 0.25) is 0 Å². The summed E-state index contributed by atoms with van der Waals surface area (Å²) in [7, 11) is 0. The minimum Gasteiger partial charge on any atom is -0.282 e. The van der Waals surface area contributed by atoms with Gasteiger partial charge in [0, 0.05) is 40.6 Å². The molecule has 7 aromatic rings. The number of nitrogens with zero attached hydrogens (tertiary/aromatic N) is 6. The molecule has 0 bridgehead atoms. The Morgan fingerprint density at radius 1 is 0.833 bits per heavy atom. The molecule has 0 fully saturated rings. The van der Waals surface area contributed by atoms with Crippen molar-refractivity contribution in [1.29, 1.82) is 5.26 Å². The Kier molecular flexibility index (Phi) is 4.39. The Balaban J connectivity index is 1.49. The van der Waals surface area contributed by atoms with E-state index in [4.69, 9.17) is 4.98 Å². The Morgan fingerprint density at radius 2 is 1.67 bits per heavy atom. The Morgan fingerprint density at radius 3 is 2.53 bits per heavy atom. The summed E-state index contributed by atoms with van der Waals surface area (Å²) < 4.78 is 4.24. The first-order chi connectivity index (χ1) is 17.7. The summed E-state index contributed by atoms with van der Waals surface area (Å²) >= 11 is 0. The SMILES string of the molecule is CC(C#N)c1ccc(-n2c3c4cc(-c5cnc6ccccc6c5)ccc4ncc3n3ccnc23)cc1. The molecule has 0 amide bonds. The lowest BCUT2D eigenvalue weighted by Crippen LogP contribution is -1.97. The van der Waals surface area contributed by atoms with Crippen molar-refractivity contribution in [2.24, 2.45) is 0 Å². The predicted molar refractivity (Wildman–Crippen MR) is 142 cm³/mol. The summed E-state index contributed by atoms with van der Waals surface area (Å²) in [6.07, 6.45) is 7.61. The monoisotopic (exact) mass is 464 g/mol. The molecule has 0 saturated heterocycles. The highest BCUT2D eigenvalue weighted by atomic mass is 15.2. The highest BCUT2D eigenvalue weighted by molar-refractivity contribution is 6.06. The van der Waals surface area contributed by atoms with Crippen LogP contribution in [0.15, 0.2) is 97.6 Å². The maximum absolute atomic E-state index is 9.31. The van der Waals surface area contributed by atoms with Gasteiger partial charge in [-0.2, -0.15) is 5.26 Å². The maximum atomic E-state index is 9.31. The largest absolute Gasteiger partial charge is 0.282 e. The number of para-hydroxylation sites is 1. The first-order valence-electron chi connectivity index (χ1n) is 11.8. The van der Waals surface area contributed by atoms with Crippen molar-refractivity contribution in [2.75, 3.05) is 0 Å². The summed E-state index contributed by atoms with van der Waals surface area (Å²) in [5.41, 5.74) is 8.05. The van der Waals surface area contributed by atoms with Gasteiger partial charge in [0.05, 0.1) is 40.3 Å². The number of pyridine rings is 2. The topological polar surface area (TPSA) is 71.8 Å². The van der Waals surface area contributed by atoms with Crippen LogP contribution >= 0.6 is 0 Å². The number of hydrogen-bond donors (Lipinski definition) is 0. The van der Waals surface area contributed by atoms with E-state index in [1.807, 2.05) is 55.8 Å². The number of benzene rings is 3. The molecule has 4 heterocycles. The molecule has 0 aliphatic heterocycles. The number of nitriles is 1. The molecule has 1 atom stereocenters. The van der Waals surface area contributed by atoms with Crippen LogP contribution in [0.3, 0.4) is 0 Å². The third-order valence-corrected chi connectivity index (χ3v) is 6.89. The van der Waals surface area contributed by atoms with Gasteiger partial charge in [-0.1, -0.05) is 36.4 Å². The van der Waals surface area contributed by atoms with Crippen LogP contribution < -0.4 is 0 Å². The quantitative estimate of drug-likeness (QED) is 0.293. The Bertz CT molecular complexity index is 1970. The van der Waals surface area contributed by atoms with E-state index in [2.05, 4.69) is 67.5 Å². The molecule has 36 heavy (non-hydrogen) atoms. The summed E-state index contributed by atoms with van der Waals surface area (Å²) in [5.74, 6) is 0.660. The second-order valence-electron chi connectivity index (χ2n) is 9.02. The zero-order valence-corrected chi connectivity index (χ0v) is 19.5. The Hall–Kier alpha value is -5.02. The van der Waals surface area contributed by atoms with Crippen molar-refractivity contribution in [3.8, 4) is 22.9 Å². The summed E-state index contributed by atoms with van der Waals surface area (Å²) in [4.78, 5) is 14.1. The molecule has 170 valence electrons. The van der Waals surface area contributed by atoms with Crippen molar-refractivity contribution in [3.63, 3.8) is 0 Å². The van der Waals surface area contributed by atoms with Gasteiger partial charge in [0.2, 0.25) is 5.78 Å². The molecular weight excluding hydrogens is 444 g/mol. The highest BCUT2D eigenvalue weighted by Crippen LogP contribution is 2.33. The van der Waals surface area contributed by atoms with E-state index >= 15 is 0 Å². The molecule has 0 aliphatic carbocycles. The zero-order valence-electron chi connectivity index (χ0n) is 19.5. The van der Waals surface area contributed by atoms with Crippen LogP contribution in [0.5, 0.6) is 0 Å². The van der Waals surface area contributed by atoms with Crippen LogP contribution in [0.25, 0.3) is 55.4 Å². The molecule has 0 radical (unpaired) electrons. The molecule has 6 heteroatoms. The van der Waals surface area contributed by atoms with Gasteiger partial charge in [0.25, 0.3) is 0 Å². The van der Waals surface area contributed by atoms with Crippen molar-refractivity contribution >= 4 is 38.6 Å². The molecule has 0 saturated carbocycles. The van der Waals surface area contributed by atoms with Crippen molar-refractivity contribution in [3.05, 3.63) is 103 Å². The first-order valence-corrected chi connectivity index (χ1v) is 11.8. The van der Waals surface area contributed by atoms with Gasteiger partial charge in [0.15, 0.2) is 0 Å². The van der Waals surface area contributed by atoms with Gasteiger partial charge in [-0.3, -0.25) is 18.9 Å². The summed E-state index contributed by atoms with van der Waals surface area (Å²) in [6, 6.07) is 27.2. The van der Waals surface area contributed by atoms with Gasteiger partial charge in [0.1, 0.15) is 0 Å². The molecule has 0 N–H and O–H groups in total. The molecule has 3 aromatic carbocycles. The fourth-order valence-electron chi connectivity index (χ4n) is 4.97. The molecule has 6 nitrogen and oxygen atoms in total. The number of hydrogen-bond acceptors (Lipinski definition) is 4. The highest BCUT2D eigenvalue weighted by Gasteiger charge is 2.17. The second kappa shape index (κ2) is 7.76. The molecule has 1 unspecified atom stereocenters.